The Kier molecular flexibility index (Phi) is 7.63. The summed E-state index contributed by atoms with van der Waals surface area (Å²) in [7, 11) is -3.59. The number of aryl methyl sites for hydroxylation is 1. The number of piperazine rings is 1. The lowest BCUT2D eigenvalue weighted by atomic mass is 10.1. The average Bonchev–Trinajstić information content (AvgIpc) is 2.93. The fraction of sp³-hybridized carbons (Fsp3) is 0.267. The van der Waals surface area contributed by atoms with E-state index in [0.717, 1.165) is 37.9 Å². The maximum atomic E-state index is 13.1. The number of carbonyl (C=O) groups is 1. The van der Waals surface area contributed by atoms with E-state index in [-0.39, 0.29) is 16.6 Å². The summed E-state index contributed by atoms with van der Waals surface area (Å²) in [6, 6.07) is 26.3. The zero-order valence-corrected chi connectivity index (χ0v) is 21.6. The second kappa shape index (κ2) is 11.2. The molecule has 0 unspecified atom stereocenters. The van der Waals surface area contributed by atoms with Crippen molar-refractivity contribution < 1.29 is 13.2 Å². The number of hydrogen-bond acceptors (Lipinski definition) is 5. The zero-order valence-electron chi connectivity index (χ0n) is 20.8. The van der Waals surface area contributed by atoms with Crippen LogP contribution in [0.25, 0.3) is 10.9 Å². The second-order valence-electron chi connectivity index (χ2n) is 9.51. The molecule has 4 aromatic rings. The molecule has 1 fully saturated rings. The van der Waals surface area contributed by atoms with Gasteiger partial charge in [-0.1, -0.05) is 60.7 Å². The summed E-state index contributed by atoms with van der Waals surface area (Å²) in [4.78, 5) is 21.9. The highest BCUT2D eigenvalue weighted by Crippen LogP contribution is 2.24. The number of carbonyl (C=O) groups excluding carboxylic acids is 1. The van der Waals surface area contributed by atoms with Gasteiger partial charge in [0.1, 0.15) is 0 Å². The lowest BCUT2D eigenvalue weighted by molar-refractivity contribution is 0.0636. The second-order valence-corrected chi connectivity index (χ2v) is 11.5. The molecule has 0 bridgehead atoms. The van der Waals surface area contributed by atoms with Crippen LogP contribution in [0.5, 0.6) is 0 Å². The van der Waals surface area contributed by atoms with Crippen molar-refractivity contribution in [2.24, 2.45) is 0 Å². The molecule has 190 valence electrons. The highest BCUT2D eigenvalue weighted by atomic mass is 32.2. The number of rotatable bonds is 8. The van der Waals surface area contributed by atoms with Gasteiger partial charge in [-0.2, -0.15) is 0 Å². The van der Waals surface area contributed by atoms with Crippen molar-refractivity contribution in [2.75, 3.05) is 32.7 Å². The van der Waals surface area contributed by atoms with E-state index < -0.39 is 9.84 Å². The topological polar surface area (TPSA) is 70.6 Å². The van der Waals surface area contributed by atoms with Gasteiger partial charge in [0, 0.05) is 43.3 Å². The summed E-state index contributed by atoms with van der Waals surface area (Å²) in [6.07, 6.45) is 3.78. The fourth-order valence-corrected chi connectivity index (χ4v) is 6.41. The predicted octanol–water partition coefficient (Wildman–Crippen LogP) is 4.60. The Balaban J connectivity index is 1.15. The van der Waals surface area contributed by atoms with Crippen LogP contribution in [-0.2, 0) is 22.0 Å². The first-order valence-corrected chi connectivity index (χ1v) is 14.4. The highest BCUT2D eigenvalue weighted by Gasteiger charge is 2.23. The van der Waals surface area contributed by atoms with E-state index in [9.17, 15) is 13.2 Å². The summed E-state index contributed by atoms with van der Waals surface area (Å²) < 4.78 is 26.3. The van der Waals surface area contributed by atoms with Crippen LogP contribution in [0.2, 0.25) is 0 Å². The molecule has 1 saturated heterocycles. The van der Waals surface area contributed by atoms with E-state index >= 15 is 0 Å². The third kappa shape index (κ3) is 6.06. The largest absolute Gasteiger partial charge is 0.336 e. The molecule has 0 N–H and O–H groups in total. The number of pyridine rings is 1. The molecule has 2 heterocycles. The Morgan fingerprint density at radius 2 is 1.51 bits per heavy atom. The van der Waals surface area contributed by atoms with Crippen LogP contribution in [0.1, 0.15) is 27.9 Å². The van der Waals surface area contributed by atoms with Gasteiger partial charge < -0.3 is 4.90 Å². The number of nitrogens with zero attached hydrogens (tertiary/aromatic N) is 3. The summed E-state index contributed by atoms with van der Waals surface area (Å²) in [6.45, 7) is 4.18. The smallest absolute Gasteiger partial charge is 0.253 e. The van der Waals surface area contributed by atoms with Crippen LogP contribution in [0.4, 0.5) is 0 Å². The predicted molar refractivity (Wildman–Crippen MR) is 146 cm³/mol. The van der Waals surface area contributed by atoms with Gasteiger partial charge in [0.2, 0.25) is 0 Å². The third-order valence-electron chi connectivity index (χ3n) is 6.93. The van der Waals surface area contributed by atoms with Gasteiger partial charge in [0.25, 0.3) is 5.91 Å². The van der Waals surface area contributed by atoms with Crippen molar-refractivity contribution >= 4 is 26.6 Å². The molecule has 0 aliphatic carbocycles. The minimum atomic E-state index is -3.59. The first kappa shape index (κ1) is 25.1. The third-order valence-corrected chi connectivity index (χ3v) is 8.64. The average molecular weight is 514 g/mol. The lowest BCUT2D eigenvalue weighted by Crippen LogP contribution is -2.48. The Morgan fingerprint density at radius 3 is 2.27 bits per heavy atom. The van der Waals surface area contributed by atoms with Gasteiger partial charge in [0.05, 0.1) is 16.2 Å². The summed E-state index contributed by atoms with van der Waals surface area (Å²) >= 11 is 0. The van der Waals surface area contributed by atoms with Gasteiger partial charge in [-0.15, -0.1) is 0 Å². The molecule has 0 atom stereocenters. The molecule has 7 heteroatoms. The first-order chi connectivity index (χ1) is 18.0. The van der Waals surface area contributed by atoms with Crippen LogP contribution in [0.3, 0.4) is 0 Å². The number of aromatic nitrogens is 1. The Morgan fingerprint density at radius 1 is 0.784 bits per heavy atom. The molecule has 6 nitrogen and oxygen atoms in total. The fourth-order valence-electron chi connectivity index (χ4n) is 4.88. The Bertz CT molecular complexity index is 1460. The molecule has 1 aliphatic rings. The summed E-state index contributed by atoms with van der Waals surface area (Å²) in [5, 5.41) is 0.792. The highest BCUT2D eigenvalue weighted by molar-refractivity contribution is 7.90. The number of sulfone groups is 1. The minimum absolute atomic E-state index is 0.00315. The van der Waals surface area contributed by atoms with E-state index in [1.807, 2.05) is 23.1 Å². The minimum Gasteiger partial charge on any atom is -0.336 e. The Hall–Kier alpha value is -3.55. The molecule has 1 aromatic heterocycles. The maximum absolute atomic E-state index is 13.1. The van der Waals surface area contributed by atoms with Crippen LogP contribution in [0, 0.1) is 0 Å². The first-order valence-electron chi connectivity index (χ1n) is 12.7. The monoisotopic (exact) mass is 513 g/mol. The van der Waals surface area contributed by atoms with Gasteiger partial charge >= 0.3 is 0 Å². The molecule has 0 radical (unpaired) electrons. The van der Waals surface area contributed by atoms with Gasteiger partial charge in [-0.3, -0.25) is 14.7 Å². The maximum Gasteiger partial charge on any atom is 0.253 e. The standard InChI is InChI=1S/C30H31N3O3S/c34-30(33-21-19-32(20-22-33)18-6-9-24-7-2-1-3-8-24)27-15-13-25(14-16-27)23-37(35,36)28-12-4-10-26-11-5-17-31-29(26)28/h1-5,7-8,10-17H,6,9,18-23H2. The van der Waals surface area contributed by atoms with E-state index in [0.29, 0.717) is 29.7 Å². The lowest BCUT2D eigenvalue weighted by Gasteiger charge is -2.34. The van der Waals surface area contributed by atoms with Crippen molar-refractivity contribution in [1.82, 2.24) is 14.8 Å². The molecule has 1 amide bonds. The van der Waals surface area contributed by atoms with E-state index in [2.05, 4.69) is 34.1 Å². The number of fused-ring (bicyclic) bond motifs is 1. The van der Waals surface area contributed by atoms with Crippen molar-refractivity contribution in [1.29, 1.82) is 0 Å². The molecule has 1 aliphatic heterocycles. The molecule has 0 spiro atoms. The van der Waals surface area contributed by atoms with Crippen molar-refractivity contribution in [3.05, 3.63) is 108 Å². The SMILES string of the molecule is O=C(c1ccc(CS(=O)(=O)c2cccc3cccnc23)cc1)N1CCN(CCCc2ccccc2)CC1. The molecular formula is C30H31N3O3S. The number of benzene rings is 3. The molecule has 37 heavy (non-hydrogen) atoms. The van der Waals surface area contributed by atoms with Gasteiger partial charge in [0.15, 0.2) is 9.84 Å². The molecule has 0 saturated carbocycles. The van der Waals surface area contributed by atoms with Gasteiger partial charge in [-0.05, 0) is 54.8 Å². The van der Waals surface area contributed by atoms with Gasteiger partial charge in [-0.25, -0.2) is 8.42 Å². The van der Waals surface area contributed by atoms with Crippen LogP contribution in [0.15, 0.2) is 96.0 Å². The Labute approximate surface area is 218 Å². The van der Waals surface area contributed by atoms with Crippen LogP contribution < -0.4 is 0 Å². The van der Waals surface area contributed by atoms with Crippen molar-refractivity contribution in [3.8, 4) is 0 Å². The quantitative estimate of drug-likeness (QED) is 0.344. The van der Waals surface area contributed by atoms with E-state index in [1.165, 1.54) is 5.56 Å². The summed E-state index contributed by atoms with van der Waals surface area (Å²) in [5.74, 6) is -0.143. The number of hydrogen-bond donors (Lipinski definition) is 0. The number of amides is 1. The molecular weight excluding hydrogens is 482 g/mol. The van der Waals surface area contributed by atoms with Crippen molar-refractivity contribution in [2.45, 2.75) is 23.5 Å². The summed E-state index contributed by atoms with van der Waals surface area (Å²) in [5.41, 5.74) is 3.08. The van der Waals surface area contributed by atoms with Crippen LogP contribution >= 0.6 is 0 Å². The van der Waals surface area contributed by atoms with Crippen molar-refractivity contribution in [3.63, 3.8) is 0 Å². The van der Waals surface area contributed by atoms with E-state index in [4.69, 9.17) is 0 Å². The van der Waals surface area contributed by atoms with E-state index in [1.54, 1.807) is 48.7 Å². The zero-order chi connectivity index (χ0) is 25.7. The molecule has 3 aromatic carbocycles. The normalized spacial score (nSPS) is 14.6. The number of para-hydroxylation sites is 1. The van der Waals surface area contributed by atoms with Crippen LogP contribution in [-0.4, -0.2) is 61.8 Å². The molecule has 5 rings (SSSR count).